The summed E-state index contributed by atoms with van der Waals surface area (Å²) in [4.78, 5) is 46.3. The average Bonchev–Trinajstić information content (AvgIpc) is 1.11. The largest absolute Gasteiger partial charge is 0.294 e. The lowest BCUT2D eigenvalue weighted by Crippen LogP contribution is -2.21. The van der Waals surface area contributed by atoms with Crippen LogP contribution < -0.4 is 24.5 Å². The summed E-state index contributed by atoms with van der Waals surface area (Å²) in [6.07, 6.45) is 0. The number of hydrogen-bond donors (Lipinski definition) is 0. The molecule has 11 heteroatoms. The predicted molar refractivity (Wildman–Crippen MR) is 344 cm³/mol. The van der Waals surface area contributed by atoms with Crippen LogP contribution in [-0.2, 0) is 0 Å². The number of nitrogens with zero attached hydrogens (tertiary/aromatic N) is 11. The molecule has 3 heterocycles. The van der Waals surface area contributed by atoms with Gasteiger partial charge in [-0.25, -0.2) is 29.9 Å². The van der Waals surface area contributed by atoms with Crippen LogP contribution in [0, 0.1) is 6.92 Å². The molecule has 0 spiro atoms. The highest BCUT2D eigenvalue weighted by molar-refractivity contribution is 6.20. The van der Waals surface area contributed by atoms with E-state index in [1.54, 1.807) is 0 Å². The summed E-state index contributed by atoms with van der Waals surface area (Å²) in [5, 5.41) is 0. The molecule has 400 valence electrons. The molecule has 0 N–H and O–H groups in total. The lowest BCUT2D eigenvalue weighted by atomic mass is 10.1. The first kappa shape index (κ1) is 50.6. The summed E-state index contributed by atoms with van der Waals surface area (Å²) in [5.74, 6) is 2.78. The highest BCUT2D eigenvalue weighted by atomic mass is 15.3. The number of aromatic nitrogens is 6. The van der Waals surface area contributed by atoms with E-state index in [0.717, 1.165) is 56.9 Å². The number of aryl methyl sites for hydroxylation is 1. The minimum atomic E-state index is 0.469. The Kier molecular flexibility index (Phi) is 13.6. The topological polar surface area (TPSA) is 93.5 Å². The fraction of sp³-hybridized carbons (Fsp3) is 0.0137. The van der Waals surface area contributed by atoms with E-state index in [4.69, 9.17) is 29.9 Å². The molecule has 11 nitrogen and oxygen atoms in total. The van der Waals surface area contributed by atoms with Crippen molar-refractivity contribution in [3.8, 4) is 0 Å². The maximum absolute atomic E-state index is 6.03. The van der Waals surface area contributed by atoms with Gasteiger partial charge in [0.2, 0.25) is 0 Å². The Bertz CT molecular complexity index is 4220. The quantitative estimate of drug-likeness (QED) is 0.0919. The molecule has 0 radical (unpaired) electrons. The molecule has 0 bridgehead atoms. The molecular formula is C73H53N11. The van der Waals surface area contributed by atoms with E-state index in [1.807, 2.05) is 189 Å². The first-order chi connectivity index (χ1) is 41.6. The first-order valence-corrected chi connectivity index (χ1v) is 27.9. The van der Waals surface area contributed by atoms with E-state index in [-0.39, 0.29) is 0 Å². The van der Waals surface area contributed by atoms with Crippen LogP contribution in [0.4, 0.5) is 86.0 Å². The smallest absolute Gasteiger partial charge is 0.182 e. The molecule has 14 rings (SSSR count). The van der Waals surface area contributed by atoms with Gasteiger partial charge in [-0.2, -0.15) is 0 Å². The van der Waals surface area contributed by atoms with Crippen molar-refractivity contribution in [2.75, 3.05) is 24.5 Å². The van der Waals surface area contributed by atoms with Crippen LogP contribution in [0.25, 0.3) is 33.1 Å². The number of para-hydroxylation sites is 10. The molecular weight excluding hydrogens is 1030 g/mol. The molecule has 0 aliphatic carbocycles. The minimum Gasteiger partial charge on any atom is -0.294 e. The fourth-order valence-corrected chi connectivity index (χ4v) is 10.9. The van der Waals surface area contributed by atoms with Crippen molar-refractivity contribution in [2.45, 2.75) is 6.92 Å². The summed E-state index contributed by atoms with van der Waals surface area (Å²) >= 11 is 0. The van der Waals surface area contributed by atoms with Gasteiger partial charge in [0.15, 0.2) is 29.1 Å². The molecule has 0 atom stereocenters. The van der Waals surface area contributed by atoms with E-state index in [9.17, 15) is 0 Å². The van der Waals surface area contributed by atoms with Crippen LogP contribution in [0.3, 0.4) is 0 Å². The third-order valence-corrected chi connectivity index (χ3v) is 14.6. The summed E-state index contributed by atoms with van der Waals surface area (Å²) in [6.45, 7) is 2.01. The van der Waals surface area contributed by atoms with Crippen molar-refractivity contribution >= 4 is 119 Å². The van der Waals surface area contributed by atoms with E-state index in [2.05, 4.69) is 146 Å². The molecule has 0 saturated carbocycles. The van der Waals surface area contributed by atoms with Crippen LogP contribution >= 0.6 is 0 Å². The molecule has 3 aromatic heterocycles. The second-order valence-electron chi connectivity index (χ2n) is 20.0. The highest BCUT2D eigenvalue weighted by Gasteiger charge is 2.33. The average molecular weight is 1080 g/mol. The third-order valence-electron chi connectivity index (χ3n) is 14.6. The van der Waals surface area contributed by atoms with Crippen molar-refractivity contribution in [3.05, 3.63) is 309 Å². The fourth-order valence-electron chi connectivity index (χ4n) is 10.9. The lowest BCUT2D eigenvalue weighted by Gasteiger charge is -2.32. The standard InChI is InChI=1S/C73H53N11/c1-52-69(80(53-32-12-2-13-33-53)54-34-14-3-15-35-54)75-64-63(74-52)65-67(78-71(82(57-40-20-6-21-41-57)58-42-22-7-23-43-58)70(76-65)81(55-36-16-4-17-37-55)56-38-18-5-19-39-56)68-66(64)77-72(83(59-44-24-8-25-45-59)60-46-26-9-27-47-60)73(79-68)84(61-48-28-10-29-49-61)62-50-30-11-31-51-62/h2-51H,1H3. The van der Waals surface area contributed by atoms with Crippen LogP contribution in [0.5, 0.6) is 0 Å². The van der Waals surface area contributed by atoms with Gasteiger partial charge < -0.3 is 0 Å². The van der Waals surface area contributed by atoms with Gasteiger partial charge in [0.05, 0.1) is 5.69 Å². The van der Waals surface area contributed by atoms with Crippen LogP contribution in [-0.4, -0.2) is 29.9 Å². The number of anilines is 15. The Balaban J connectivity index is 1.20. The van der Waals surface area contributed by atoms with Gasteiger partial charge in [-0.05, 0) is 128 Å². The monoisotopic (exact) mass is 1080 g/mol. The number of fused-ring (bicyclic) bond motifs is 6. The number of hydrogen-bond acceptors (Lipinski definition) is 11. The Hall–Kier alpha value is -11.6. The molecule has 0 fully saturated rings. The number of rotatable bonds is 15. The zero-order valence-corrected chi connectivity index (χ0v) is 45.8. The van der Waals surface area contributed by atoms with Crippen molar-refractivity contribution in [1.82, 2.24) is 29.9 Å². The summed E-state index contributed by atoms with van der Waals surface area (Å²) in [7, 11) is 0. The second kappa shape index (κ2) is 22.5. The Morgan fingerprint density at radius 3 is 0.464 bits per heavy atom. The summed E-state index contributed by atoms with van der Waals surface area (Å²) < 4.78 is 0. The third kappa shape index (κ3) is 9.57. The predicted octanol–water partition coefficient (Wildman–Crippen LogP) is 19.2. The van der Waals surface area contributed by atoms with E-state index >= 15 is 0 Å². The van der Waals surface area contributed by atoms with Crippen molar-refractivity contribution < 1.29 is 0 Å². The molecule has 0 unspecified atom stereocenters. The SMILES string of the molecule is Cc1nc2c(nc1N(c1ccccc1)c1ccccc1)c1nc(N(c3ccccc3)c3ccccc3)c(N(c3ccccc3)c3ccccc3)nc1c1nc(N(c3ccccc3)c3ccccc3)c(N(c3ccccc3)c3ccccc3)nc21. The van der Waals surface area contributed by atoms with Crippen molar-refractivity contribution in [1.29, 1.82) is 0 Å². The molecule has 11 aromatic carbocycles. The van der Waals surface area contributed by atoms with Crippen LogP contribution in [0.2, 0.25) is 0 Å². The van der Waals surface area contributed by atoms with Gasteiger partial charge in [0, 0.05) is 56.9 Å². The minimum absolute atomic E-state index is 0.469. The highest BCUT2D eigenvalue weighted by Crippen LogP contribution is 2.49. The van der Waals surface area contributed by atoms with Crippen LogP contribution in [0.15, 0.2) is 303 Å². The molecule has 14 aromatic rings. The molecule has 0 saturated heterocycles. The van der Waals surface area contributed by atoms with Gasteiger partial charge in [0.25, 0.3) is 0 Å². The first-order valence-electron chi connectivity index (χ1n) is 27.9. The zero-order chi connectivity index (χ0) is 56.2. The Labute approximate surface area is 487 Å². The Morgan fingerprint density at radius 2 is 0.298 bits per heavy atom. The normalized spacial score (nSPS) is 11.2. The number of benzene rings is 11. The maximum Gasteiger partial charge on any atom is 0.182 e. The maximum atomic E-state index is 6.03. The summed E-state index contributed by atoms with van der Waals surface area (Å²) in [6, 6.07) is 103. The van der Waals surface area contributed by atoms with E-state index in [1.165, 1.54) is 0 Å². The zero-order valence-electron chi connectivity index (χ0n) is 45.8. The van der Waals surface area contributed by atoms with Gasteiger partial charge in [-0.3, -0.25) is 24.5 Å². The lowest BCUT2D eigenvalue weighted by molar-refractivity contribution is 1.09. The van der Waals surface area contributed by atoms with Gasteiger partial charge in [0.1, 0.15) is 33.1 Å². The molecule has 84 heavy (non-hydrogen) atoms. The van der Waals surface area contributed by atoms with Crippen molar-refractivity contribution in [2.24, 2.45) is 0 Å². The second-order valence-corrected chi connectivity index (χ2v) is 20.0. The Morgan fingerprint density at radius 1 is 0.167 bits per heavy atom. The van der Waals surface area contributed by atoms with E-state index < -0.39 is 0 Å². The van der Waals surface area contributed by atoms with Gasteiger partial charge in [-0.15, -0.1) is 0 Å². The summed E-state index contributed by atoms with van der Waals surface area (Å²) in [5.41, 5.74) is 12.4. The van der Waals surface area contributed by atoms with Gasteiger partial charge in [-0.1, -0.05) is 182 Å². The van der Waals surface area contributed by atoms with Crippen LogP contribution in [0.1, 0.15) is 5.69 Å². The molecule has 0 aliphatic heterocycles. The molecule has 0 amide bonds. The van der Waals surface area contributed by atoms with Gasteiger partial charge >= 0.3 is 0 Å². The molecule has 0 aliphatic rings. The van der Waals surface area contributed by atoms with E-state index in [0.29, 0.717) is 67.9 Å². The van der Waals surface area contributed by atoms with Crippen molar-refractivity contribution in [3.63, 3.8) is 0 Å².